The van der Waals surface area contributed by atoms with Crippen LogP contribution in [-0.4, -0.2) is 30.1 Å². The van der Waals surface area contributed by atoms with Crippen molar-refractivity contribution in [2.45, 2.75) is 58.4 Å². The number of rotatable bonds is 4. The molecule has 146 valence electrons. The SMILES string of the molecule is CC[C@@H]1CN[C@@H](C)CN1C(c1ccc(C(F)(F)F)cc1)C(C)C.Cl.Cl. The lowest BCUT2D eigenvalue weighted by molar-refractivity contribution is -0.137. The van der Waals surface area contributed by atoms with Crippen LogP contribution in [0.25, 0.3) is 0 Å². The summed E-state index contributed by atoms with van der Waals surface area (Å²) in [6.45, 7) is 10.5. The van der Waals surface area contributed by atoms with Crippen LogP contribution in [0.15, 0.2) is 24.3 Å². The first-order valence-corrected chi connectivity index (χ1v) is 8.40. The van der Waals surface area contributed by atoms with Crippen molar-refractivity contribution < 1.29 is 13.2 Å². The molecule has 2 nitrogen and oxygen atoms in total. The van der Waals surface area contributed by atoms with Gasteiger partial charge in [-0.25, -0.2) is 0 Å². The molecule has 1 N–H and O–H groups in total. The monoisotopic (exact) mass is 400 g/mol. The van der Waals surface area contributed by atoms with E-state index in [9.17, 15) is 13.2 Å². The zero-order valence-corrected chi connectivity index (χ0v) is 16.8. The number of hydrogen-bond acceptors (Lipinski definition) is 2. The van der Waals surface area contributed by atoms with Gasteiger partial charge in [0, 0.05) is 31.2 Å². The molecule has 0 spiro atoms. The van der Waals surface area contributed by atoms with Crippen molar-refractivity contribution in [2.75, 3.05) is 13.1 Å². The van der Waals surface area contributed by atoms with Crippen LogP contribution in [0, 0.1) is 5.92 Å². The van der Waals surface area contributed by atoms with E-state index in [1.165, 1.54) is 12.1 Å². The second kappa shape index (κ2) is 10.0. The summed E-state index contributed by atoms with van der Waals surface area (Å²) in [5, 5.41) is 3.50. The molecule has 0 aromatic heterocycles. The van der Waals surface area contributed by atoms with E-state index in [-0.39, 0.29) is 30.9 Å². The van der Waals surface area contributed by atoms with Gasteiger partial charge in [-0.1, -0.05) is 32.9 Å². The van der Waals surface area contributed by atoms with Gasteiger partial charge in [0.1, 0.15) is 0 Å². The molecule has 1 aromatic rings. The topological polar surface area (TPSA) is 15.3 Å². The average Bonchev–Trinajstić information content (AvgIpc) is 2.47. The van der Waals surface area contributed by atoms with Gasteiger partial charge >= 0.3 is 6.18 Å². The second-order valence-electron chi connectivity index (χ2n) is 6.88. The van der Waals surface area contributed by atoms with E-state index in [1.807, 2.05) is 0 Å². The number of hydrogen-bond donors (Lipinski definition) is 1. The van der Waals surface area contributed by atoms with Crippen LogP contribution >= 0.6 is 24.8 Å². The lowest BCUT2D eigenvalue weighted by Crippen LogP contribution is -2.56. The molecule has 25 heavy (non-hydrogen) atoms. The largest absolute Gasteiger partial charge is 0.416 e. The molecule has 0 bridgehead atoms. The molecule has 0 radical (unpaired) electrons. The van der Waals surface area contributed by atoms with Gasteiger partial charge in [0.15, 0.2) is 0 Å². The Morgan fingerprint density at radius 2 is 1.72 bits per heavy atom. The van der Waals surface area contributed by atoms with Gasteiger partial charge in [0.05, 0.1) is 5.56 Å². The summed E-state index contributed by atoms with van der Waals surface area (Å²) in [7, 11) is 0. The highest BCUT2D eigenvalue weighted by Crippen LogP contribution is 2.35. The van der Waals surface area contributed by atoms with Crippen molar-refractivity contribution in [1.29, 1.82) is 0 Å². The molecule has 0 aliphatic carbocycles. The van der Waals surface area contributed by atoms with E-state index in [2.05, 4.69) is 37.9 Å². The van der Waals surface area contributed by atoms with Crippen LogP contribution in [-0.2, 0) is 6.18 Å². The average molecular weight is 401 g/mol. The summed E-state index contributed by atoms with van der Waals surface area (Å²) in [4.78, 5) is 2.47. The summed E-state index contributed by atoms with van der Waals surface area (Å²) in [5.41, 5.74) is 0.394. The molecular weight excluding hydrogens is 372 g/mol. The fourth-order valence-electron chi connectivity index (χ4n) is 3.53. The van der Waals surface area contributed by atoms with Crippen LogP contribution in [0.4, 0.5) is 13.2 Å². The minimum Gasteiger partial charge on any atom is -0.311 e. The van der Waals surface area contributed by atoms with Gasteiger partial charge in [0.2, 0.25) is 0 Å². The van der Waals surface area contributed by atoms with Crippen molar-refractivity contribution in [2.24, 2.45) is 5.92 Å². The van der Waals surface area contributed by atoms with E-state index in [4.69, 9.17) is 0 Å². The minimum absolute atomic E-state index is 0. The van der Waals surface area contributed by atoms with Crippen LogP contribution in [0.2, 0.25) is 0 Å². The zero-order valence-electron chi connectivity index (χ0n) is 15.1. The standard InChI is InChI=1S/C18H27F3N2.2ClH/c1-5-16-10-22-13(4)11-23(16)17(12(2)3)14-6-8-15(9-7-14)18(19,20)21;;/h6-9,12-13,16-17,22H,5,10-11H2,1-4H3;2*1H/t13-,16+,17?;;/m0../s1. The first-order chi connectivity index (χ1) is 10.7. The Kier molecular flexibility index (Phi) is 9.81. The first-order valence-electron chi connectivity index (χ1n) is 8.40. The molecule has 0 amide bonds. The summed E-state index contributed by atoms with van der Waals surface area (Å²) in [6, 6.07) is 6.66. The fourth-order valence-corrected chi connectivity index (χ4v) is 3.53. The van der Waals surface area contributed by atoms with E-state index < -0.39 is 11.7 Å². The van der Waals surface area contributed by atoms with Gasteiger partial charge < -0.3 is 5.32 Å². The third kappa shape index (κ3) is 6.02. The molecule has 3 atom stereocenters. The summed E-state index contributed by atoms with van der Waals surface area (Å²) in [5.74, 6) is 0.339. The lowest BCUT2D eigenvalue weighted by Gasteiger charge is -2.45. The van der Waals surface area contributed by atoms with E-state index in [0.29, 0.717) is 18.0 Å². The smallest absolute Gasteiger partial charge is 0.311 e. The maximum Gasteiger partial charge on any atom is 0.416 e. The summed E-state index contributed by atoms with van der Waals surface area (Å²) in [6.07, 6.45) is -3.25. The molecular formula is C18H29Cl2F3N2. The number of nitrogens with one attached hydrogen (secondary N) is 1. The van der Waals surface area contributed by atoms with Crippen molar-refractivity contribution in [1.82, 2.24) is 10.2 Å². The van der Waals surface area contributed by atoms with Gasteiger partial charge in [-0.2, -0.15) is 13.2 Å². The molecule has 0 saturated carbocycles. The third-order valence-corrected chi connectivity index (χ3v) is 4.70. The molecule has 1 aliphatic rings. The summed E-state index contributed by atoms with van der Waals surface area (Å²) >= 11 is 0. The molecule has 1 saturated heterocycles. The highest BCUT2D eigenvalue weighted by Gasteiger charge is 2.34. The summed E-state index contributed by atoms with van der Waals surface area (Å²) < 4.78 is 38.3. The molecule has 1 aliphatic heterocycles. The molecule has 1 unspecified atom stereocenters. The maximum absolute atomic E-state index is 12.8. The molecule has 1 aromatic carbocycles. The normalized spacial score (nSPS) is 22.9. The van der Waals surface area contributed by atoms with Crippen LogP contribution < -0.4 is 5.32 Å². The zero-order chi connectivity index (χ0) is 17.2. The molecule has 2 rings (SSSR count). The quantitative estimate of drug-likeness (QED) is 0.735. The third-order valence-electron chi connectivity index (χ3n) is 4.70. The van der Waals surface area contributed by atoms with Crippen molar-refractivity contribution in [3.05, 3.63) is 35.4 Å². The number of alkyl halides is 3. The van der Waals surface area contributed by atoms with Gasteiger partial charge in [-0.05, 0) is 37.0 Å². The van der Waals surface area contributed by atoms with Crippen LogP contribution in [0.3, 0.4) is 0 Å². The van der Waals surface area contributed by atoms with Crippen molar-refractivity contribution in [3.8, 4) is 0 Å². The van der Waals surface area contributed by atoms with Gasteiger partial charge in [0.25, 0.3) is 0 Å². The Hall–Kier alpha value is -0.490. The Morgan fingerprint density at radius 3 is 2.16 bits per heavy atom. The van der Waals surface area contributed by atoms with Gasteiger partial charge in [-0.3, -0.25) is 4.90 Å². The molecule has 7 heteroatoms. The highest BCUT2D eigenvalue weighted by molar-refractivity contribution is 5.85. The van der Waals surface area contributed by atoms with Crippen molar-refractivity contribution in [3.63, 3.8) is 0 Å². The lowest BCUT2D eigenvalue weighted by atomic mass is 9.90. The van der Waals surface area contributed by atoms with Crippen LogP contribution in [0.1, 0.15) is 51.3 Å². The maximum atomic E-state index is 12.8. The fraction of sp³-hybridized carbons (Fsp3) is 0.667. The van der Waals surface area contributed by atoms with E-state index in [1.54, 1.807) is 12.1 Å². The number of halogens is 5. The molecule has 1 fully saturated rings. The predicted molar refractivity (Wildman–Crippen MR) is 102 cm³/mol. The predicted octanol–water partition coefficient (Wildman–Crippen LogP) is 5.32. The Labute approximate surface area is 161 Å². The Morgan fingerprint density at radius 1 is 1.16 bits per heavy atom. The minimum atomic E-state index is -4.28. The second-order valence-corrected chi connectivity index (χ2v) is 6.88. The molecule has 1 heterocycles. The van der Waals surface area contributed by atoms with Crippen LogP contribution in [0.5, 0.6) is 0 Å². The Bertz CT molecular complexity index is 506. The van der Waals surface area contributed by atoms with Crippen molar-refractivity contribution >= 4 is 24.8 Å². The first kappa shape index (κ1) is 24.5. The van der Waals surface area contributed by atoms with E-state index >= 15 is 0 Å². The van der Waals surface area contributed by atoms with Gasteiger partial charge in [-0.15, -0.1) is 24.8 Å². The number of piperazine rings is 1. The van der Waals surface area contributed by atoms with E-state index in [0.717, 1.165) is 25.1 Å². The number of nitrogens with zero attached hydrogens (tertiary/aromatic N) is 1. The number of benzene rings is 1. The Balaban J connectivity index is 0.00000288. The highest BCUT2D eigenvalue weighted by atomic mass is 35.5.